The van der Waals surface area contributed by atoms with Crippen molar-refractivity contribution in [3.8, 4) is 0 Å². The number of primary amides is 1. The van der Waals surface area contributed by atoms with Gasteiger partial charge in [-0.25, -0.2) is 9.97 Å². The number of benzene rings is 1. The molecule has 1 saturated carbocycles. The summed E-state index contributed by atoms with van der Waals surface area (Å²) in [5, 5.41) is 3.17. The first-order valence-electron chi connectivity index (χ1n) is 11.2. The molecular formula is C24H29ClF3N5O2. The highest BCUT2D eigenvalue weighted by Crippen LogP contribution is 2.66. The average Bonchev–Trinajstić information content (AvgIpc) is 3.58. The number of likely N-dealkylation sites (N-methyl/N-ethyl adjacent to an activating group) is 1. The third-order valence-electron chi connectivity index (χ3n) is 6.67. The van der Waals surface area contributed by atoms with Crippen LogP contribution >= 0.6 is 11.6 Å². The fourth-order valence-electron chi connectivity index (χ4n) is 4.23. The molecule has 3 rings (SSSR count). The van der Waals surface area contributed by atoms with Crippen molar-refractivity contribution in [3.63, 3.8) is 0 Å². The van der Waals surface area contributed by atoms with Crippen molar-refractivity contribution in [2.24, 2.45) is 11.1 Å². The molecule has 11 heteroatoms. The van der Waals surface area contributed by atoms with E-state index in [4.69, 9.17) is 17.3 Å². The predicted molar refractivity (Wildman–Crippen MR) is 126 cm³/mol. The highest BCUT2D eigenvalue weighted by Gasteiger charge is 2.67. The molecule has 0 spiro atoms. The molecule has 2 aromatic rings. The molecule has 7 nitrogen and oxygen atoms in total. The number of carbonyl (C=O) groups is 2. The Bertz CT molecular complexity index is 1070. The van der Waals surface area contributed by atoms with Gasteiger partial charge in [0.05, 0.1) is 5.41 Å². The molecule has 1 heterocycles. The van der Waals surface area contributed by atoms with E-state index in [0.717, 1.165) is 5.56 Å². The Labute approximate surface area is 207 Å². The van der Waals surface area contributed by atoms with Crippen molar-refractivity contribution >= 4 is 23.4 Å². The van der Waals surface area contributed by atoms with E-state index in [1.165, 1.54) is 18.5 Å². The molecule has 1 aliphatic rings. The van der Waals surface area contributed by atoms with E-state index >= 15 is 0 Å². The topological polar surface area (TPSA) is 101 Å². The van der Waals surface area contributed by atoms with Crippen LogP contribution in [-0.2, 0) is 11.2 Å². The van der Waals surface area contributed by atoms with Crippen molar-refractivity contribution in [1.82, 2.24) is 20.2 Å². The highest BCUT2D eigenvalue weighted by molar-refractivity contribution is 6.31. The number of hydrogen-bond donors (Lipinski definition) is 2. The number of alkyl halides is 3. The minimum atomic E-state index is -4.43. The fraction of sp³-hybridized carbons (Fsp3) is 0.500. The van der Waals surface area contributed by atoms with Gasteiger partial charge >= 0.3 is 6.18 Å². The molecular weight excluding hydrogens is 483 g/mol. The van der Waals surface area contributed by atoms with Crippen LogP contribution in [0, 0.1) is 12.3 Å². The maximum atomic E-state index is 13.9. The zero-order valence-electron chi connectivity index (χ0n) is 19.8. The number of nitrogens with zero attached hydrogens (tertiary/aromatic N) is 3. The van der Waals surface area contributed by atoms with Crippen molar-refractivity contribution in [2.45, 2.75) is 50.7 Å². The number of rotatable bonds is 10. The first-order valence-corrected chi connectivity index (χ1v) is 11.6. The van der Waals surface area contributed by atoms with Gasteiger partial charge in [-0.1, -0.05) is 17.7 Å². The van der Waals surface area contributed by atoms with Crippen molar-refractivity contribution < 1.29 is 22.8 Å². The van der Waals surface area contributed by atoms with Crippen molar-refractivity contribution in [1.29, 1.82) is 0 Å². The molecule has 35 heavy (non-hydrogen) atoms. The number of halogens is 4. The Balaban J connectivity index is 1.71. The van der Waals surface area contributed by atoms with E-state index < -0.39 is 29.3 Å². The summed E-state index contributed by atoms with van der Waals surface area (Å²) in [5.41, 5.74) is 4.71. The quantitative estimate of drug-likeness (QED) is 0.507. The molecule has 1 aliphatic carbocycles. The maximum absolute atomic E-state index is 13.9. The lowest BCUT2D eigenvalue weighted by molar-refractivity contribution is -0.194. The molecule has 0 bridgehead atoms. The Hall–Kier alpha value is -2.72. The van der Waals surface area contributed by atoms with E-state index in [2.05, 4.69) is 15.3 Å². The molecule has 1 aromatic heterocycles. The fourth-order valence-corrected chi connectivity index (χ4v) is 4.48. The number of aromatic nitrogens is 2. The lowest BCUT2D eigenvalue weighted by atomic mass is 9.81. The SMILES string of the molecule is Cc1ncc(C(CC(=O)NC[C@H](Cc2ccc(C(N)=O)cc2Cl)N(C)C)C2(C(F)(F)F)CC2)cn1. The molecule has 2 atom stereocenters. The van der Waals surface area contributed by atoms with Crippen LogP contribution in [0.2, 0.25) is 5.02 Å². The minimum absolute atomic E-state index is 0.0254. The van der Waals surface area contributed by atoms with Crippen LogP contribution in [0.5, 0.6) is 0 Å². The Morgan fingerprint density at radius 1 is 1.23 bits per heavy atom. The molecule has 0 saturated heterocycles. The lowest BCUT2D eigenvalue weighted by Gasteiger charge is -2.30. The van der Waals surface area contributed by atoms with Crippen LogP contribution in [0.25, 0.3) is 0 Å². The Morgan fingerprint density at radius 3 is 2.34 bits per heavy atom. The maximum Gasteiger partial charge on any atom is 0.395 e. The van der Waals surface area contributed by atoms with Gasteiger partial charge in [-0.15, -0.1) is 0 Å². The van der Waals surface area contributed by atoms with Gasteiger partial charge in [-0.2, -0.15) is 13.2 Å². The number of amides is 2. The van der Waals surface area contributed by atoms with Gasteiger partial charge in [-0.3, -0.25) is 9.59 Å². The molecule has 3 N–H and O–H groups in total. The van der Waals surface area contributed by atoms with E-state index in [9.17, 15) is 22.8 Å². The summed E-state index contributed by atoms with van der Waals surface area (Å²) < 4.78 is 41.8. The van der Waals surface area contributed by atoms with Gasteiger partial charge in [0.15, 0.2) is 0 Å². The van der Waals surface area contributed by atoms with Crippen LogP contribution < -0.4 is 11.1 Å². The smallest absolute Gasteiger partial charge is 0.366 e. The molecule has 1 unspecified atom stereocenters. The van der Waals surface area contributed by atoms with Crippen LogP contribution in [0.3, 0.4) is 0 Å². The molecule has 1 fully saturated rings. The summed E-state index contributed by atoms with van der Waals surface area (Å²) in [6.07, 6.45) is -1.58. The Morgan fingerprint density at radius 2 is 1.86 bits per heavy atom. The van der Waals surface area contributed by atoms with Gasteiger partial charge in [0.25, 0.3) is 0 Å². The van der Waals surface area contributed by atoms with Crippen molar-refractivity contribution in [2.75, 3.05) is 20.6 Å². The first kappa shape index (κ1) is 26.9. The second-order valence-corrected chi connectivity index (χ2v) is 9.68. The zero-order valence-corrected chi connectivity index (χ0v) is 20.6. The van der Waals surface area contributed by atoms with E-state index in [-0.39, 0.29) is 31.8 Å². The van der Waals surface area contributed by atoms with Crippen LogP contribution in [0.4, 0.5) is 13.2 Å². The van der Waals surface area contributed by atoms with Gasteiger partial charge in [0, 0.05) is 47.9 Å². The largest absolute Gasteiger partial charge is 0.395 e. The molecule has 190 valence electrons. The van der Waals surface area contributed by atoms with Crippen LogP contribution in [0.1, 0.15) is 52.5 Å². The number of hydrogen-bond acceptors (Lipinski definition) is 5. The summed E-state index contributed by atoms with van der Waals surface area (Å²) in [6.45, 7) is 1.85. The van der Waals surface area contributed by atoms with Crippen LogP contribution in [-0.4, -0.2) is 59.5 Å². The van der Waals surface area contributed by atoms with E-state index in [0.29, 0.717) is 28.4 Å². The summed E-state index contributed by atoms with van der Waals surface area (Å²) >= 11 is 6.30. The Kier molecular flexibility index (Phi) is 8.06. The second kappa shape index (κ2) is 10.5. The van der Waals surface area contributed by atoms with Gasteiger partial charge in [0.1, 0.15) is 5.82 Å². The lowest BCUT2D eigenvalue weighted by Crippen LogP contribution is -2.42. The average molecular weight is 512 g/mol. The number of aryl methyl sites for hydroxylation is 1. The number of nitrogens with two attached hydrogens (primary N) is 1. The van der Waals surface area contributed by atoms with Gasteiger partial charge in [-0.05, 0) is 63.5 Å². The second-order valence-electron chi connectivity index (χ2n) is 9.27. The normalized spacial score (nSPS) is 16.6. The predicted octanol–water partition coefficient (Wildman–Crippen LogP) is 3.64. The van der Waals surface area contributed by atoms with E-state index in [1.807, 2.05) is 19.0 Å². The number of carbonyl (C=O) groups excluding carboxylic acids is 2. The van der Waals surface area contributed by atoms with Gasteiger partial charge in [0.2, 0.25) is 11.8 Å². The molecule has 2 amide bonds. The standard InChI is InChI=1S/C24H29ClF3N5O2/c1-14-30-11-17(12-31-14)19(23(6-7-23)24(26,27)28)10-21(34)32-13-18(33(2)3)8-15-4-5-16(22(29)35)9-20(15)25/h4-5,9,11-12,18-19H,6-8,10,13H2,1-3H3,(H2,29,35)(H,32,34)/t18-,19?/m0/s1. The summed E-state index contributed by atoms with van der Waals surface area (Å²) in [5.74, 6) is -1.68. The molecule has 1 aromatic carbocycles. The first-order chi connectivity index (χ1) is 16.3. The highest BCUT2D eigenvalue weighted by atomic mass is 35.5. The monoisotopic (exact) mass is 511 g/mol. The minimum Gasteiger partial charge on any atom is -0.366 e. The summed E-state index contributed by atoms with van der Waals surface area (Å²) in [7, 11) is 3.66. The molecule has 0 radical (unpaired) electrons. The van der Waals surface area contributed by atoms with Crippen LogP contribution in [0.15, 0.2) is 30.6 Å². The summed E-state index contributed by atoms with van der Waals surface area (Å²) in [6, 6.07) is 4.59. The van der Waals surface area contributed by atoms with E-state index in [1.54, 1.807) is 19.1 Å². The third-order valence-corrected chi connectivity index (χ3v) is 7.02. The van der Waals surface area contributed by atoms with Gasteiger partial charge < -0.3 is 16.0 Å². The number of nitrogens with one attached hydrogen (secondary N) is 1. The zero-order chi connectivity index (χ0) is 26.0. The third kappa shape index (κ3) is 6.29. The van der Waals surface area contributed by atoms with Crippen molar-refractivity contribution in [3.05, 3.63) is 58.1 Å². The molecule has 0 aliphatic heterocycles. The summed E-state index contributed by atoms with van der Waals surface area (Å²) in [4.78, 5) is 34.2.